The topological polar surface area (TPSA) is 67.2 Å². The molecule has 0 aliphatic carbocycles. The largest absolute Gasteiger partial charge is 0.316 e. The maximum atomic E-state index is 13.4. The van der Waals surface area contributed by atoms with Crippen LogP contribution in [0.1, 0.15) is 29.4 Å². The van der Waals surface area contributed by atoms with Gasteiger partial charge in [0.1, 0.15) is 5.57 Å². The molecular weight excluding hydrogens is 408 g/mol. The summed E-state index contributed by atoms with van der Waals surface area (Å²) < 4.78 is 2.04. The van der Waals surface area contributed by atoms with Gasteiger partial charge < -0.3 is 4.57 Å². The highest BCUT2D eigenvalue weighted by Gasteiger charge is 2.35. The lowest BCUT2D eigenvalue weighted by Gasteiger charge is -2.30. The van der Waals surface area contributed by atoms with E-state index in [0.29, 0.717) is 5.69 Å². The standard InChI is InChI=1S/C24H22N4O2S/c1-4-17-8-5-6-10-21(17)28-23(30)20(22(29)26-24(28)31)13-18-12-15(2)27(16(18)3)19-9-7-11-25-14-19/h5-14H,4H2,1-3H3,(H,26,29,31)/b20-13-. The zero-order valence-electron chi connectivity index (χ0n) is 17.5. The van der Waals surface area contributed by atoms with Crippen molar-refractivity contribution >= 4 is 40.9 Å². The Hall–Kier alpha value is -3.58. The average Bonchev–Trinajstić information content (AvgIpc) is 3.04. The summed E-state index contributed by atoms with van der Waals surface area (Å²) in [7, 11) is 0. The van der Waals surface area contributed by atoms with Crippen LogP contribution in [0.2, 0.25) is 0 Å². The lowest BCUT2D eigenvalue weighted by atomic mass is 10.0. The summed E-state index contributed by atoms with van der Waals surface area (Å²) in [5.41, 5.74) is 5.30. The van der Waals surface area contributed by atoms with Gasteiger partial charge in [0.05, 0.1) is 17.6 Å². The Bertz CT molecular complexity index is 1230. The zero-order valence-corrected chi connectivity index (χ0v) is 18.4. The Balaban J connectivity index is 1.78. The minimum absolute atomic E-state index is 0.0472. The minimum Gasteiger partial charge on any atom is -0.316 e. The molecule has 1 aliphatic rings. The number of pyridine rings is 1. The molecule has 3 aromatic rings. The summed E-state index contributed by atoms with van der Waals surface area (Å²) in [5, 5.41) is 2.76. The number of thiocarbonyl (C=S) groups is 1. The Kier molecular flexibility index (Phi) is 5.52. The van der Waals surface area contributed by atoms with Gasteiger partial charge in [0.15, 0.2) is 5.11 Å². The number of aryl methyl sites for hydroxylation is 2. The predicted molar refractivity (Wildman–Crippen MR) is 125 cm³/mol. The number of anilines is 1. The number of benzene rings is 1. The molecule has 156 valence electrons. The number of rotatable bonds is 4. The van der Waals surface area contributed by atoms with Gasteiger partial charge in [-0.05, 0) is 74.0 Å². The van der Waals surface area contributed by atoms with E-state index in [1.807, 2.05) is 67.8 Å². The highest BCUT2D eigenvalue weighted by atomic mass is 32.1. The quantitative estimate of drug-likeness (QED) is 0.388. The average molecular weight is 431 g/mol. The molecule has 0 spiro atoms. The smallest absolute Gasteiger partial charge is 0.270 e. The predicted octanol–water partition coefficient (Wildman–Crippen LogP) is 3.88. The fourth-order valence-corrected chi connectivity index (χ4v) is 4.15. The van der Waals surface area contributed by atoms with Crippen LogP contribution in [-0.2, 0) is 16.0 Å². The van der Waals surface area contributed by atoms with Gasteiger partial charge in [-0.15, -0.1) is 0 Å². The molecule has 1 aromatic carbocycles. The van der Waals surface area contributed by atoms with Crippen molar-refractivity contribution in [1.29, 1.82) is 0 Å². The summed E-state index contributed by atoms with van der Waals surface area (Å²) >= 11 is 5.34. The summed E-state index contributed by atoms with van der Waals surface area (Å²) in [6.07, 6.45) is 5.87. The Labute approximate surface area is 186 Å². The molecule has 6 nitrogen and oxygen atoms in total. The molecule has 3 heterocycles. The first-order valence-corrected chi connectivity index (χ1v) is 10.4. The molecule has 0 radical (unpaired) electrons. The molecule has 31 heavy (non-hydrogen) atoms. The van der Waals surface area contributed by atoms with Crippen LogP contribution in [0, 0.1) is 13.8 Å². The fourth-order valence-electron chi connectivity index (χ4n) is 3.88. The van der Waals surface area contributed by atoms with Crippen molar-refractivity contribution in [2.24, 2.45) is 0 Å². The highest BCUT2D eigenvalue weighted by molar-refractivity contribution is 7.80. The summed E-state index contributed by atoms with van der Waals surface area (Å²) in [6, 6.07) is 13.3. The van der Waals surface area contributed by atoms with E-state index in [0.717, 1.165) is 34.6 Å². The van der Waals surface area contributed by atoms with Gasteiger partial charge in [0.2, 0.25) is 0 Å². The lowest BCUT2D eigenvalue weighted by Crippen LogP contribution is -2.54. The molecule has 0 unspecified atom stereocenters. The molecule has 2 amide bonds. The van der Waals surface area contributed by atoms with Crippen molar-refractivity contribution in [2.75, 3.05) is 4.90 Å². The molecular formula is C24H22N4O2S. The molecule has 1 saturated heterocycles. The molecule has 1 aliphatic heterocycles. The number of nitrogens with one attached hydrogen (secondary N) is 1. The van der Waals surface area contributed by atoms with Crippen LogP contribution < -0.4 is 10.2 Å². The molecule has 2 aromatic heterocycles. The minimum atomic E-state index is -0.494. The lowest BCUT2D eigenvalue weighted by molar-refractivity contribution is -0.122. The van der Waals surface area contributed by atoms with Crippen molar-refractivity contribution in [2.45, 2.75) is 27.2 Å². The number of carbonyl (C=O) groups excluding carboxylic acids is 2. The number of aromatic nitrogens is 2. The zero-order chi connectivity index (χ0) is 22.1. The van der Waals surface area contributed by atoms with Crippen LogP contribution >= 0.6 is 12.2 Å². The molecule has 0 bridgehead atoms. The van der Waals surface area contributed by atoms with Crippen LogP contribution in [0.5, 0.6) is 0 Å². The number of carbonyl (C=O) groups is 2. The highest BCUT2D eigenvalue weighted by Crippen LogP contribution is 2.28. The number of hydrogen-bond acceptors (Lipinski definition) is 4. The molecule has 0 saturated carbocycles. The summed E-state index contributed by atoms with van der Waals surface area (Å²) in [5.74, 6) is -0.924. The molecule has 0 atom stereocenters. The number of amides is 2. The van der Waals surface area contributed by atoms with Gasteiger partial charge in [0, 0.05) is 17.6 Å². The third-order valence-electron chi connectivity index (χ3n) is 5.39. The first-order valence-electron chi connectivity index (χ1n) is 10.0. The third-order valence-corrected chi connectivity index (χ3v) is 5.67. The van der Waals surface area contributed by atoms with Crippen LogP contribution in [0.4, 0.5) is 5.69 Å². The maximum Gasteiger partial charge on any atom is 0.270 e. The van der Waals surface area contributed by atoms with Gasteiger partial charge in [-0.1, -0.05) is 25.1 Å². The Morgan fingerprint density at radius 3 is 2.61 bits per heavy atom. The number of nitrogens with zero attached hydrogens (tertiary/aromatic N) is 3. The maximum absolute atomic E-state index is 13.4. The second kappa shape index (κ2) is 8.28. The number of para-hydroxylation sites is 1. The summed E-state index contributed by atoms with van der Waals surface area (Å²) in [4.78, 5) is 31.7. The normalized spacial score (nSPS) is 15.5. The van der Waals surface area contributed by atoms with Crippen LogP contribution in [0.3, 0.4) is 0 Å². The molecule has 7 heteroatoms. The third kappa shape index (κ3) is 3.68. The fraction of sp³-hybridized carbons (Fsp3) is 0.167. The summed E-state index contributed by atoms with van der Waals surface area (Å²) in [6.45, 7) is 5.94. The van der Waals surface area contributed by atoms with Crippen molar-refractivity contribution in [3.05, 3.63) is 82.9 Å². The van der Waals surface area contributed by atoms with E-state index in [4.69, 9.17) is 12.2 Å². The van der Waals surface area contributed by atoms with Gasteiger partial charge >= 0.3 is 0 Å². The number of hydrogen-bond donors (Lipinski definition) is 1. The molecule has 1 fully saturated rings. The Morgan fingerprint density at radius 1 is 1.13 bits per heavy atom. The van der Waals surface area contributed by atoms with Crippen molar-refractivity contribution in [3.8, 4) is 5.69 Å². The van der Waals surface area contributed by atoms with E-state index in [-0.39, 0.29) is 10.7 Å². The first-order chi connectivity index (χ1) is 14.9. The van der Waals surface area contributed by atoms with E-state index in [1.165, 1.54) is 4.90 Å². The van der Waals surface area contributed by atoms with Gasteiger partial charge in [-0.25, -0.2) is 0 Å². The van der Waals surface area contributed by atoms with E-state index >= 15 is 0 Å². The second-order valence-corrected chi connectivity index (χ2v) is 7.70. The van der Waals surface area contributed by atoms with Crippen molar-refractivity contribution in [3.63, 3.8) is 0 Å². The van der Waals surface area contributed by atoms with E-state index in [2.05, 4.69) is 10.3 Å². The monoisotopic (exact) mass is 430 g/mol. The van der Waals surface area contributed by atoms with Crippen LogP contribution in [0.15, 0.2) is 60.4 Å². The molecule has 4 rings (SSSR count). The van der Waals surface area contributed by atoms with E-state index in [9.17, 15) is 9.59 Å². The van der Waals surface area contributed by atoms with E-state index < -0.39 is 11.8 Å². The van der Waals surface area contributed by atoms with Crippen molar-refractivity contribution < 1.29 is 9.59 Å². The Morgan fingerprint density at radius 2 is 1.90 bits per heavy atom. The van der Waals surface area contributed by atoms with Crippen LogP contribution in [-0.4, -0.2) is 26.5 Å². The van der Waals surface area contributed by atoms with Gasteiger partial charge in [-0.2, -0.15) is 0 Å². The second-order valence-electron chi connectivity index (χ2n) is 7.31. The van der Waals surface area contributed by atoms with Gasteiger partial charge in [-0.3, -0.25) is 24.8 Å². The SMILES string of the molecule is CCc1ccccc1N1C(=O)/C(=C\c2cc(C)n(-c3cccnc3)c2C)C(=O)NC1=S. The van der Waals surface area contributed by atoms with Gasteiger partial charge in [0.25, 0.3) is 11.8 Å². The van der Waals surface area contributed by atoms with E-state index in [1.54, 1.807) is 18.5 Å². The van der Waals surface area contributed by atoms with Crippen LogP contribution in [0.25, 0.3) is 11.8 Å². The molecule has 1 N–H and O–H groups in total. The van der Waals surface area contributed by atoms with Crippen molar-refractivity contribution in [1.82, 2.24) is 14.9 Å². The first kappa shape index (κ1) is 20.7.